The molecular weight excluding hydrogens is 240 g/mol. The fourth-order valence-electron chi connectivity index (χ4n) is 2.81. The van der Waals surface area contributed by atoms with E-state index in [0.29, 0.717) is 0 Å². The summed E-state index contributed by atoms with van der Waals surface area (Å²) in [5, 5.41) is 0. The molecule has 0 saturated heterocycles. The quantitative estimate of drug-likeness (QED) is 0.238. The number of hydrogen-bond donors (Lipinski definition) is 0. The minimum atomic E-state index is 1.36. The van der Waals surface area contributed by atoms with Gasteiger partial charge in [-0.25, -0.2) is 0 Å². The molecular formula is C20H41. The topological polar surface area (TPSA) is 0 Å². The zero-order chi connectivity index (χ0) is 14.7. The van der Waals surface area contributed by atoms with Gasteiger partial charge in [0.05, 0.1) is 0 Å². The molecule has 0 rings (SSSR count). The Morgan fingerprint density at radius 1 is 0.400 bits per heavy atom. The number of unbranched alkanes of at least 4 members (excludes halogenated alkanes) is 17. The van der Waals surface area contributed by atoms with Crippen molar-refractivity contribution in [3.63, 3.8) is 0 Å². The second-order valence-corrected chi connectivity index (χ2v) is 6.46. The van der Waals surface area contributed by atoms with E-state index in [0.717, 1.165) is 0 Å². The van der Waals surface area contributed by atoms with Gasteiger partial charge < -0.3 is 0 Å². The van der Waals surface area contributed by atoms with Crippen molar-refractivity contribution in [2.45, 2.75) is 123 Å². The van der Waals surface area contributed by atoms with Crippen LogP contribution in [0.5, 0.6) is 0 Å². The molecule has 0 spiro atoms. The summed E-state index contributed by atoms with van der Waals surface area (Å²) in [5.74, 6) is 0. The maximum atomic E-state index is 2.54. The molecule has 0 atom stereocenters. The highest BCUT2D eigenvalue weighted by atomic mass is 14.0. The molecule has 1 radical (unpaired) electrons. The predicted octanol–water partition coefficient (Wildman–Crippen LogP) is 7.86. The molecule has 0 aromatic heterocycles. The lowest BCUT2D eigenvalue weighted by Crippen LogP contribution is -1.84. The summed E-state index contributed by atoms with van der Waals surface area (Å²) < 4.78 is 0. The lowest BCUT2D eigenvalue weighted by atomic mass is 10.0. The van der Waals surface area contributed by atoms with Crippen molar-refractivity contribution < 1.29 is 0 Å². The van der Waals surface area contributed by atoms with Crippen LogP contribution < -0.4 is 0 Å². The average Bonchev–Trinajstić information content (AvgIpc) is 2.47. The molecule has 0 amide bonds. The van der Waals surface area contributed by atoms with Gasteiger partial charge in [-0.15, -0.1) is 0 Å². The highest BCUT2D eigenvalue weighted by Gasteiger charge is 1.94. The third kappa shape index (κ3) is 18.0. The van der Waals surface area contributed by atoms with Gasteiger partial charge in [0.15, 0.2) is 0 Å². The molecule has 121 valence electrons. The Balaban J connectivity index is 2.89. The molecule has 0 aromatic carbocycles. The molecule has 0 aliphatic rings. The van der Waals surface area contributed by atoms with Crippen molar-refractivity contribution >= 4 is 0 Å². The first kappa shape index (κ1) is 20.0. The Morgan fingerprint density at radius 3 is 1.05 bits per heavy atom. The van der Waals surface area contributed by atoms with Crippen molar-refractivity contribution in [2.24, 2.45) is 0 Å². The van der Waals surface area contributed by atoms with Crippen LogP contribution in [0.3, 0.4) is 0 Å². The molecule has 0 fully saturated rings. The van der Waals surface area contributed by atoms with E-state index in [2.05, 4.69) is 20.3 Å². The summed E-state index contributed by atoms with van der Waals surface area (Å²) in [7, 11) is 0. The van der Waals surface area contributed by atoms with Gasteiger partial charge in [0.1, 0.15) is 0 Å². The van der Waals surface area contributed by atoms with Crippen LogP contribution >= 0.6 is 0 Å². The third-order valence-electron chi connectivity index (χ3n) is 4.27. The van der Waals surface area contributed by atoms with Crippen LogP contribution in [0.2, 0.25) is 0 Å². The van der Waals surface area contributed by atoms with E-state index in [4.69, 9.17) is 0 Å². The van der Waals surface area contributed by atoms with Crippen LogP contribution in [0.1, 0.15) is 123 Å². The number of hydrogen-bond acceptors (Lipinski definition) is 0. The van der Waals surface area contributed by atoms with Crippen LogP contribution in [0.4, 0.5) is 0 Å². The highest BCUT2D eigenvalue weighted by Crippen LogP contribution is 2.13. The lowest BCUT2D eigenvalue weighted by molar-refractivity contribution is 0.552. The van der Waals surface area contributed by atoms with Crippen LogP contribution in [0.25, 0.3) is 0 Å². The maximum Gasteiger partial charge on any atom is -0.0386 e. The molecule has 0 nitrogen and oxygen atoms in total. The zero-order valence-electron chi connectivity index (χ0n) is 14.6. The fourth-order valence-corrected chi connectivity index (χ4v) is 2.81. The van der Waals surface area contributed by atoms with Crippen LogP contribution in [0.15, 0.2) is 0 Å². The van der Waals surface area contributed by atoms with E-state index in [1.807, 2.05) is 0 Å². The molecule has 0 unspecified atom stereocenters. The SMILES string of the molecule is CCCCCCC[CH]CCCCCCCCCCCC. The van der Waals surface area contributed by atoms with Crippen molar-refractivity contribution in [3.05, 3.63) is 6.42 Å². The summed E-state index contributed by atoms with van der Waals surface area (Å²) in [4.78, 5) is 0. The molecule has 0 aliphatic carbocycles. The van der Waals surface area contributed by atoms with Gasteiger partial charge in [-0.2, -0.15) is 0 Å². The zero-order valence-corrected chi connectivity index (χ0v) is 14.6. The van der Waals surface area contributed by atoms with Crippen molar-refractivity contribution in [3.8, 4) is 0 Å². The summed E-state index contributed by atoms with van der Waals surface area (Å²) in [6.07, 6.45) is 26.9. The average molecular weight is 282 g/mol. The van der Waals surface area contributed by atoms with Gasteiger partial charge in [-0.3, -0.25) is 0 Å². The van der Waals surface area contributed by atoms with Gasteiger partial charge in [0.2, 0.25) is 0 Å². The molecule has 0 aromatic rings. The Labute approximate surface area is 130 Å². The van der Waals surface area contributed by atoms with E-state index in [9.17, 15) is 0 Å². The van der Waals surface area contributed by atoms with E-state index in [1.165, 1.54) is 109 Å². The molecule has 0 bridgehead atoms. The molecule has 0 heteroatoms. The third-order valence-corrected chi connectivity index (χ3v) is 4.27. The standard InChI is InChI=1S/C20H41/c1-3-5-7-9-11-13-15-17-19-20-18-16-14-12-10-8-6-4-2/h15H,3-14,16-20H2,1-2H3. The normalized spacial score (nSPS) is 11.1. The second-order valence-electron chi connectivity index (χ2n) is 6.46. The summed E-state index contributed by atoms with van der Waals surface area (Å²) >= 11 is 0. The Morgan fingerprint density at radius 2 is 0.700 bits per heavy atom. The molecule has 0 N–H and O–H groups in total. The van der Waals surface area contributed by atoms with Crippen LogP contribution in [-0.4, -0.2) is 0 Å². The second kappa shape index (κ2) is 19.0. The predicted molar refractivity (Wildman–Crippen MR) is 94.1 cm³/mol. The van der Waals surface area contributed by atoms with Gasteiger partial charge in [-0.05, 0) is 6.42 Å². The minimum absolute atomic E-state index is 1.36. The Kier molecular flexibility index (Phi) is 19.0. The van der Waals surface area contributed by atoms with Crippen LogP contribution in [-0.2, 0) is 0 Å². The van der Waals surface area contributed by atoms with Crippen molar-refractivity contribution in [1.82, 2.24) is 0 Å². The minimum Gasteiger partial charge on any atom is -0.0654 e. The first-order chi connectivity index (χ1) is 9.91. The smallest absolute Gasteiger partial charge is 0.0386 e. The number of rotatable bonds is 17. The largest absolute Gasteiger partial charge is 0.0654 e. The molecule has 20 heavy (non-hydrogen) atoms. The maximum absolute atomic E-state index is 2.54. The van der Waals surface area contributed by atoms with E-state index >= 15 is 0 Å². The molecule has 0 saturated carbocycles. The summed E-state index contributed by atoms with van der Waals surface area (Å²) in [6.45, 7) is 4.58. The van der Waals surface area contributed by atoms with Gasteiger partial charge in [-0.1, -0.05) is 123 Å². The lowest BCUT2D eigenvalue weighted by Gasteiger charge is -2.03. The molecule has 0 aliphatic heterocycles. The van der Waals surface area contributed by atoms with Crippen molar-refractivity contribution in [1.29, 1.82) is 0 Å². The summed E-state index contributed by atoms with van der Waals surface area (Å²) in [6, 6.07) is 0. The monoisotopic (exact) mass is 281 g/mol. The first-order valence-corrected chi connectivity index (χ1v) is 9.73. The fraction of sp³-hybridized carbons (Fsp3) is 0.950. The van der Waals surface area contributed by atoms with E-state index in [-0.39, 0.29) is 0 Å². The van der Waals surface area contributed by atoms with Crippen molar-refractivity contribution in [2.75, 3.05) is 0 Å². The molecule has 0 heterocycles. The van der Waals surface area contributed by atoms with Gasteiger partial charge >= 0.3 is 0 Å². The van der Waals surface area contributed by atoms with Gasteiger partial charge in [0.25, 0.3) is 0 Å². The Bertz CT molecular complexity index is 132. The first-order valence-electron chi connectivity index (χ1n) is 9.73. The Hall–Kier alpha value is 0. The van der Waals surface area contributed by atoms with E-state index < -0.39 is 0 Å². The van der Waals surface area contributed by atoms with Crippen LogP contribution in [0, 0.1) is 6.42 Å². The van der Waals surface area contributed by atoms with E-state index in [1.54, 1.807) is 0 Å². The highest BCUT2D eigenvalue weighted by molar-refractivity contribution is 4.64. The summed E-state index contributed by atoms with van der Waals surface area (Å²) in [5.41, 5.74) is 0. The van der Waals surface area contributed by atoms with Gasteiger partial charge in [0, 0.05) is 0 Å².